The van der Waals surface area contributed by atoms with Gasteiger partial charge in [0.05, 0.1) is 31.5 Å². The van der Waals surface area contributed by atoms with Crippen LogP contribution in [0.1, 0.15) is 62.5 Å². The number of anilines is 1. The molecule has 2 atom stereocenters. The molecule has 0 unspecified atom stereocenters. The van der Waals surface area contributed by atoms with Gasteiger partial charge in [0.2, 0.25) is 5.91 Å². The van der Waals surface area contributed by atoms with Crippen LogP contribution in [0.25, 0.3) is 0 Å². The van der Waals surface area contributed by atoms with E-state index in [1.54, 1.807) is 48.3 Å². The normalized spacial score (nSPS) is 19.2. The van der Waals surface area contributed by atoms with E-state index in [4.69, 9.17) is 9.47 Å². The van der Waals surface area contributed by atoms with Gasteiger partial charge >= 0.3 is 0 Å². The van der Waals surface area contributed by atoms with E-state index >= 15 is 0 Å². The van der Waals surface area contributed by atoms with Crippen LogP contribution in [0, 0.1) is 0 Å². The predicted molar refractivity (Wildman–Crippen MR) is 137 cm³/mol. The largest absolute Gasteiger partial charge is 0.493 e. The van der Waals surface area contributed by atoms with Gasteiger partial charge in [0, 0.05) is 24.1 Å². The van der Waals surface area contributed by atoms with Gasteiger partial charge in [-0.25, -0.2) is 0 Å². The van der Waals surface area contributed by atoms with E-state index in [1.165, 1.54) is 0 Å². The van der Waals surface area contributed by atoms with Crippen molar-refractivity contribution in [3.05, 3.63) is 88.5 Å². The zero-order valence-corrected chi connectivity index (χ0v) is 20.7. The van der Waals surface area contributed by atoms with Crippen LogP contribution in [0.2, 0.25) is 0 Å². The van der Waals surface area contributed by atoms with E-state index in [0.29, 0.717) is 28.3 Å². The molecule has 1 aliphatic carbocycles. The maximum Gasteiger partial charge on any atom is 0.260 e. The number of carbonyl (C=O) groups excluding carboxylic acids is 3. The number of hydrogen-bond acceptors (Lipinski definition) is 5. The lowest BCUT2D eigenvalue weighted by atomic mass is 10.0. The number of benzene rings is 3. The fraction of sp³-hybridized carbons (Fsp3) is 0.276. The molecule has 3 amide bonds. The molecule has 1 N–H and O–H groups in total. The van der Waals surface area contributed by atoms with Gasteiger partial charge in [0.15, 0.2) is 11.5 Å². The number of nitrogens with zero attached hydrogens (tertiary/aromatic N) is 2. The van der Waals surface area contributed by atoms with Crippen LogP contribution < -0.4 is 19.7 Å². The van der Waals surface area contributed by atoms with Crippen molar-refractivity contribution >= 4 is 23.4 Å². The monoisotopic (exact) mass is 497 g/mol. The molecular formula is C29H27N3O5. The summed E-state index contributed by atoms with van der Waals surface area (Å²) >= 11 is 0. The third kappa shape index (κ3) is 3.63. The highest BCUT2D eigenvalue weighted by molar-refractivity contribution is 6.16. The number of ether oxygens (including phenoxy) is 2. The molecule has 0 aromatic heterocycles. The molecule has 8 heteroatoms. The van der Waals surface area contributed by atoms with E-state index in [-0.39, 0.29) is 36.7 Å². The maximum atomic E-state index is 13.6. The Morgan fingerprint density at radius 3 is 2.41 bits per heavy atom. The number of nitrogens with one attached hydrogen (secondary N) is 1. The molecule has 3 aromatic carbocycles. The maximum absolute atomic E-state index is 13.6. The first kappa shape index (κ1) is 23.1. The van der Waals surface area contributed by atoms with Crippen LogP contribution in [-0.4, -0.2) is 43.4 Å². The van der Waals surface area contributed by atoms with Crippen molar-refractivity contribution in [3.63, 3.8) is 0 Å². The Morgan fingerprint density at radius 1 is 0.919 bits per heavy atom. The van der Waals surface area contributed by atoms with Crippen LogP contribution in [-0.2, 0) is 11.2 Å². The minimum absolute atomic E-state index is 0.119. The average Bonchev–Trinajstić information content (AvgIpc) is 3.45. The highest BCUT2D eigenvalue weighted by Gasteiger charge is 2.47. The summed E-state index contributed by atoms with van der Waals surface area (Å²) in [5, 5.41) is 3.13. The molecule has 6 rings (SSSR count). The topological polar surface area (TPSA) is 88.2 Å². The van der Waals surface area contributed by atoms with Gasteiger partial charge in [0.25, 0.3) is 11.8 Å². The molecule has 188 valence electrons. The number of fused-ring (bicyclic) bond motifs is 6. The quantitative estimate of drug-likeness (QED) is 0.556. The fourth-order valence-electron chi connectivity index (χ4n) is 5.77. The van der Waals surface area contributed by atoms with Gasteiger partial charge in [-0.2, -0.15) is 0 Å². The van der Waals surface area contributed by atoms with Crippen molar-refractivity contribution in [1.82, 2.24) is 10.2 Å². The number of methoxy groups -OCH3 is 2. The molecule has 8 nitrogen and oxygen atoms in total. The third-order valence-corrected chi connectivity index (χ3v) is 7.52. The molecular weight excluding hydrogens is 470 g/mol. The fourth-order valence-corrected chi connectivity index (χ4v) is 5.77. The first-order valence-electron chi connectivity index (χ1n) is 12.4. The van der Waals surface area contributed by atoms with E-state index in [9.17, 15) is 14.4 Å². The lowest BCUT2D eigenvalue weighted by Gasteiger charge is -2.40. The summed E-state index contributed by atoms with van der Waals surface area (Å²) in [7, 11) is 3.20. The Balaban J connectivity index is 1.23. The van der Waals surface area contributed by atoms with Crippen molar-refractivity contribution in [2.75, 3.05) is 25.7 Å². The Kier molecular flexibility index (Phi) is 5.59. The zero-order chi connectivity index (χ0) is 25.7. The van der Waals surface area contributed by atoms with E-state index < -0.39 is 6.17 Å². The van der Waals surface area contributed by atoms with E-state index in [1.807, 2.05) is 36.4 Å². The van der Waals surface area contributed by atoms with Crippen molar-refractivity contribution in [3.8, 4) is 11.5 Å². The molecule has 2 heterocycles. The summed E-state index contributed by atoms with van der Waals surface area (Å²) in [5.74, 6) is 0.834. The standard InChI is InChI=1S/C29H27N3O5/c1-36-24-15-17-11-12-22(21(17)16-25(24)37-2)30-26(33)13-14-31-27-18-7-3-4-8-19(18)29(35)32(27)23-10-6-5-9-20(23)28(31)34/h3-10,15-16,22,27H,11-14H2,1-2H3,(H,30,33)/t22-,27+/m0/s1. The minimum Gasteiger partial charge on any atom is -0.493 e. The summed E-state index contributed by atoms with van der Waals surface area (Å²) < 4.78 is 10.9. The molecule has 0 saturated carbocycles. The van der Waals surface area contributed by atoms with Crippen molar-refractivity contribution in [2.45, 2.75) is 31.5 Å². The Hall–Kier alpha value is -4.33. The van der Waals surface area contributed by atoms with Crippen LogP contribution >= 0.6 is 0 Å². The Bertz CT molecular complexity index is 1430. The van der Waals surface area contributed by atoms with Gasteiger partial charge in [0.1, 0.15) is 6.17 Å². The summed E-state index contributed by atoms with van der Waals surface area (Å²) in [6.07, 6.45) is 1.17. The average molecular weight is 498 g/mol. The Morgan fingerprint density at radius 2 is 1.62 bits per heavy atom. The lowest BCUT2D eigenvalue weighted by Crippen LogP contribution is -2.49. The third-order valence-electron chi connectivity index (χ3n) is 7.52. The molecule has 37 heavy (non-hydrogen) atoms. The molecule has 2 aliphatic heterocycles. The molecule has 0 fully saturated rings. The smallest absolute Gasteiger partial charge is 0.260 e. The van der Waals surface area contributed by atoms with Gasteiger partial charge in [-0.1, -0.05) is 30.3 Å². The number of aryl methyl sites for hydroxylation is 1. The number of hydrogen-bond donors (Lipinski definition) is 1. The molecule has 0 spiro atoms. The van der Waals surface area contributed by atoms with Gasteiger partial charge in [-0.05, 0) is 54.3 Å². The van der Waals surface area contributed by atoms with Gasteiger partial charge in [-0.15, -0.1) is 0 Å². The van der Waals surface area contributed by atoms with Crippen LogP contribution in [0.15, 0.2) is 60.7 Å². The second-order valence-electron chi connectivity index (χ2n) is 9.47. The van der Waals surface area contributed by atoms with E-state index in [2.05, 4.69) is 5.32 Å². The van der Waals surface area contributed by atoms with Crippen molar-refractivity contribution in [2.24, 2.45) is 0 Å². The van der Waals surface area contributed by atoms with Gasteiger partial charge < -0.3 is 19.7 Å². The second kappa shape index (κ2) is 8.96. The highest BCUT2D eigenvalue weighted by atomic mass is 16.5. The van der Waals surface area contributed by atoms with E-state index in [0.717, 1.165) is 29.5 Å². The first-order chi connectivity index (χ1) is 18.0. The predicted octanol–water partition coefficient (Wildman–Crippen LogP) is 4.01. The second-order valence-corrected chi connectivity index (χ2v) is 9.47. The zero-order valence-electron chi connectivity index (χ0n) is 20.7. The van der Waals surface area contributed by atoms with Crippen LogP contribution in [0.5, 0.6) is 11.5 Å². The van der Waals surface area contributed by atoms with Crippen LogP contribution in [0.3, 0.4) is 0 Å². The number of amides is 3. The number of rotatable bonds is 6. The summed E-state index contributed by atoms with van der Waals surface area (Å²) in [4.78, 5) is 43.3. The summed E-state index contributed by atoms with van der Waals surface area (Å²) in [5.41, 5.74) is 4.58. The molecule has 0 saturated heterocycles. The SMILES string of the molecule is COc1cc2c(cc1OC)[C@@H](NC(=O)CCN1C(=O)c3ccccc3N3C(=O)c4ccccc4[C@H]13)CC2. The molecule has 0 radical (unpaired) electrons. The van der Waals surface area contributed by atoms with Crippen LogP contribution in [0.4, 0.5) is 5.69 Å². The lowest BCUT2D eigenvalue weighted by molar-refractivity contribution is -0.122. The number of para-hydroxylation sites is 1. The summed E-state index contributed by atoms with van der Waals surface area (Å²) in [6.45, 7) is 0.188. The molecule has 3 aromatic rings. The minimum atomic E-state index is -0.567. The highest BCUT2D eigenvalue weighted by Crippen LogP contribution is 2.45. The molecule has 0 bridgehead atoms. The van der Waals surface area contributed by atoms with Crippen molar-refractivity contribution in [1.29, 1.82) is 0 Å². The van der Waals surface area contributed by atoms with Crippen molar-refractivity contribution < 1.29 is 23.9 Å². The first-order valence-corrected chi connectivity index (χ1v) is 12.4. The Labute approximate surface area is 214 Å². The molecule has 3 aliphatic rings. The summed E-state index contributed by atoms with van der Waals surface area (Å²) in [6, 6.07) is 18.3. The van der Waals surface area contributed by atoms with Gasteiger partial charge in [-0.3, -0.25) is 19.3 Å². The number of carbonyl (C=O) groups is 3.